The van der Waals surface area contributed by atoms with E-state index in [0.29, 0.717) is 0 Å². The summed E-state index contributed by atoms with van der Waals surface area (Å²) in [5, 5.41) is 2.90. The molecule has 1 aliphatic rings. The molecule has 16 heavy (non-hydrogen) atoms. The van der Waals surface area contributed by atoms with Crippen LogP contribution < -0.4 is 10.2 Å². The second-order valence-corrected chi connectivity index (χ2v) is 4.22. The topological polar surface area (TPSA) is 35.6 Å². The third kappa shape index (κ3) is 2.27. The predicted octanol–water partition coefficient (Wildman–Crippen LogP) is 1.99. The molecule has 1 aliphatic heterocycles. The number of nitrogens with one attached hydrogen (secondary N) is 1. The van der Waals surface area contributed by atoms with Crippen LogP contribution in [0, 0.1) is 0 Å². The normalized spacial score (nSPS) is 14.2. The molecule has 0 saturated carbocycles. The minimum absolute atomic E-state index is 0.00200. The number of benzene rings is 1. The molecule has 0 aromatic heterocycles. The van der Waals surface area contributed by atoms with Gasteiger partial charge in [-0.25, -0.2) is 4.79 Å². The monoisotopic (exact) mass is 219 g/mol. The number of anilines is 2. The van der Waals surface area contributed by atoms with Crippen molar-refractivity contribution in [3.63, 3.8) is 0 Å². The number of nitrogens with zero attached hydrogens (tertiary/aromatic N) is 2. The molecule has 1 heterocycles. The fourth-order valence-corrected chi connectivity index (χ4v) is 1.58. The van der Waals surface area contributed by atoms with E-state index in [2.05, 4.69) is 5.32 Å². The predicted molar refractivity (Wildman–Crippen MR) is 66.0 cm³/mol. The number of hydrogen-bond donors (Lipinski definition) is 1. The summed E-state index contributed by atoms with van der Waals surface area (Å²) in [6.45, 7) is 1.75. The van der Waals surface area contributed by atoms with Crippen LogP contribution in [0.4, 0.5) is 16.2 Å². The quantitative estimate of drug-likeness (QED) is 0.825. The van der Waals surface area contributed by atoms with Gasteiger partial charge in [0, 0.05) is 38.6 Å². The summed E-state index contributed by atoms with van der Waals surface area (Å²) >= 11 is 0. The average molecular weight is 219 g/mol. The van der Waals surface area contributed by atoms with E-state index >= 15 is 0 Å². The Balaban J connectivity index is 2.03. The molecule has 0 radical (unpaired) electrons. The number of urea groups is 1. The average Bonchev–Trinajstić information content (AvgIpc) is 2.15. The van der Waals surface area contributed by atoms with Gasteiger partial charge in [-0.15, -0.1) is 0 Å². The highest BCUT2D eigenvalue weighted by molar-refractivity contribution is 5.90. The van der Waals surface area contributed by atoms with Gasteiger partial charge in [-0.2, -0.15) is 0 Å². The SMILES string of the molecule is CN(C)c1cccc(NC(=O)N2CCC2)c1. The molecule has 1 N–H and O–H groups in total. The number of hydrogen-bond acceptors (Lipinski definition) is 2. The summed E-state index contributed by atoms with van der Waals surface area (Å²) in [5.74, 6) is 0. The minimum Gasteiger partial charge on any atom is -0.378 e. The molecule has 0 unspecified atom stereocenters. The first kappa shape index (κ1) is 10.8. The van der Waals surface area contributed by atoms with Gasteiger partial charge in [0.25, 0.3) is 0 Å². The molecule has 86 valence electrons. The van der Waals surface area contributed by atoms with Crippen molar-refractivity contribution < 1.29 is 4.79 Å². The first-order valence-corrected chi connectivity index (χ1v) is 5.50. The van der Waals surface area contributed by atoms with Gasteiger partial charge in [-0.3, -0.25) is 0 Å². The number of rotatable bonds is 2. The molecule has 0 atom stereocenters. The van der Waals surface area contributed by atoms with Crippen molar-refractivity contribution in [1.29, 1.82) is 0 Å². The maximum atomic E-state index is 11.7. The Bertz CT molecular complexity index is 386. The molecule has 4 nitrogen and oxygen atoms in total. The Morgan fingerprint density at radius 3 is 2.69 bits per heavy atom. The van der Waals surface area contributed by atoms with Gasteiger partial charge >= 0.3 is 6.03 Å². The Kier molecular flexibility index (Phi) is 2.99. The third-order valence-electron chi connectivity index (χ3n) is 2.76. The highest BCUT2D eigenvalue weighted by Crippen LogP contribution is 2.18. The first-order chi connectivity index (χ1) is 7.66. The molecule has 4 heteroatoms. The molecule has 0 aliphatic carbocycles. The second kappa shape index (κ2) is 4.43. The summed E-state index contributed by atoms with van der Waals surface area (Å²) in [4.78, 5) is 15.5. The number of carbonyl (C=O) groups is 1. The maximum absolute atomic E-state index is 11.7. The van der Waals surface area contributed by atoms with E-state index in [1.807, 2.05) is 48.2 Å². The standard InChI is InChI=1S/C12H17N3O/c1-14(2)11-6-3-5-10(9-11)13-12(16)15-7-4-8-15/h3,5-6,9H,4,7-8H2,1-2H3,(H,13,16). The summed E-state index contributed by atoms with van der Waals surface area (Å²) in [7, 11) is 3.97. The van der Waals surface area contributed by atoms with Crippen LogP contribution in [-0.4, -0.2) is 38.1 Å². The van der Waals surface area contributed by atoms with Crippen molar-refractivity contribution in [3.05, 3.63) is 24.3 Å². The number of amides is 2. The lowest BCUT2D eigenvalue weighted by molar-refractivity contribution is 0.181. The van der Waals surface area contributed by atoms with E-state index in [1.165, 1.54) is 0 Å². The van der Waals surface area contributed by atoms with Crippen molar-refractivity contribution in [1.82, 2.24) is 4.90 Å². The molecule has 0 bridgehead atoms. The zero-order chi connectivity index (χ0) is 11.5. The summed E-state index contributed by atoms with van der Waals surface area (Å²) in [6.07, 6.45) is 1.12. The Morgan fingerprint density at radius 2 is 2.12 bits per heavy atom. The van der Waals surface area contributed by atoms with E-state index in [-0.39, 0.29) is 6.03 Å². The maximum Gasteiger partial charge on any atom is 0.321 e. The van der Waals surface area contributed by atoms with Gasteiger partial charge in [0.2, 0.25) is 0 Å². The molecule has 1 aromatic rings. The van der Waals surface area contributed by atoms with Gasteiger partial charge in [-0.1, -0.05) is 6.07 Å². The van der Waals surface area contributed by atoms with Crippen LogP contribution >= 0.6 is 0 Å². The van der Waals surface area contributed by atoms with Crippen molar-refractivity contribution >= 4 is 17.4 Å². The second-order valence-electron chi connectivity index (χ2n) is 4.22. The molecule has 1 saturated heterocycles. The third-order valence-corrected chi connectivity index (χ3v) is 2.76. The van der Waals surface area contributed by atoms with Gasteiger partial charge < -0.3 is 15.1 Å². The van der Waals surface area contributed by atoms with Gasteiger partial charge in [-0.05, 0) is 24.6 Å². The van der Waals surface area contributed by atoms with E-state index < -0.39 is 0 Å². The van der Waals surface area contributed by atoms with Crippen molar-refractivity contribution in [2.45, 2.75) is 6.42 Å². The van der Waals surface area contributed by atoms with Crippen LogP contribution in [0.25, 0.3) is 0 Å². The zero-order valence-corrected chi connectivity index (χ0v) is 9.73. The first-order valence-electron chi connectivity index (χ1n) is 5.50. The minimum atomic E-state index is 0.00200. The number of likely N-dealkylation sites (tertiary alicyclic amines) is 1. The van der Waals surface area contributed by atoms with Gasteiger partial charge in [0.1, 0.15) is 0 Å². The van der Waals surface area contributed by atoms with Crippen molar-refractivity contribution in [2.24, 2.45) is 0 Å². The highest BCUT2D eigenvalue weighted by atomic mass is 16.2. The summed E-state index contributed by atoms with van der Waals surface area (Å²) < 4.78 is 0. The van der Waals surface area contributed by atoms with Gasteiger partial charge in [0.15, 0.2) is 0 Å². The Morgan fingerprint density at radius 1 is 1.38 bits per heavy atom. The molecule has 2 rings (SSSR count). The summed E-state index contributed by atoms with van der Waals surface area (Å²) in [6, 6.07) is 7.84. The largest absolute Gasteiger partial charge is 0.378 e. The smallest absolute Gasteiger partial charge is 0.321 e. The van der Waals surface area contributed by atoms with Crippen LogP contribution in [0.2, 0.25) is 0 Å². The lowest BCUT2D eigenvalue weighted by Crippen LogP contribution is -2.44. The van der Waals surface area contributed by atoms with Crippen LogP contribution in [0.5, 0.6) is 0 Å². The van der Waals surface area contributed by atoms with Crippen molar-refractivity contribution in [2.75, 3.05) is 37.4 Å². The summed E-state index contributed by atoms with van der Waals surface area (Å²) in [5.41, 5.74) is 1.93. The molecule has 1 fully saturated rings. The zero-order valence-electron chi connectivity index (χ0n) is 9.73. The lowest BCUT2D eigenvalue weighted by Gasteiger charge is -2.30. The number of carbonyl (C=O) groups excluding carboxylic acids is 1. The molecular weight excluding hydrogens is 202 g/mol. The molecular formula is C12H17N3O. The molecule has 2 amide bonds. The van der Waals surface area contributed by atoms with Crippen LogP contribution in [-0.2, 0) is 0 Å². The Hall–Kier alpha value is -1.71. The fraction of sp³-hybridized carbons (Fsp3) is 0.417. The van der Waals surface area contributed by atoms with E-state index in [4.69, 9.17) is 0 Å². The van der Waals surface area contributed by atoms with Gasteiger partial charge in [0.05, 0.1) is 0 Å². The molecule has 1 aromatic carbocycles. The van der Waals surface area contributed by atoms with Crippen LogP contribution in [0.15, 0.2) is 24.3 Å². The Labute approximate surface area is 95.8 Å². The van der Waals surface area contributed by atoms with Crippen molar-refractivity contribution in [3.8, 4) is 0 Å². The van der Waals surface area contributed by atoms with E-state index in [0.717, 1.165) is 30.9 Å². The van der Waals surface area contributed by atoms with Crippen LogP contribution in [0.3, 0.4) is 0 Å². The molecule has 0 spiro atoms. The van der Waals surface area contributed by atoms with E-state index in [9.17, 15) is 4.79 Å². The lowest BCUT2D eigenvalue weighted by atomic mass is 10.2. The highest BCUT2D eigenvalue weighted by Gasteiger charge is 2.19. The fourth-order valence-electron chi connectivity index (χ4n) is 1.58. The van der Waals surface area contributed by atoms with Crippen LogP contribution in [0.1, 0.15) is 6.42 Å². The van der Waals surface area contributed by atoms with E-state index in [1.54, 1.807) is 0 Å².